The fraction of sp³-hybridized carbons (Fsp3) is 0.545. The lowest BCUT2D eigenvalue weighted by atomic mass is 10.4. The molecule has 1 aliphatic rings. The Balaban J connectivity index is 2.21. The molecule has 1 aromatic rings. The number of carbonyl (C=O) groups is 1. The molecule has 18 heavy (non-hydrogen) atoms. The van der Waals surface area contributed by atoms with E-state index in [4.69, 9.17) is 0 Å². The van der Waals surface area contributed by atoms with Gasteiger partial charge in [0.25, 0.3) is 5.91 Å². The molecule has 0 radical (unpaired) electrons. The zero-order valence-corrected chi connectivity index (χ0v) is 11.8. The van der Waals surface area contributed by atoms with Crippen molar-refractivity contribution in [2.45, 2.75) is 24.7 Å². The minimum atomic E-state index is -3.40. The van der Waals surface area contributed by atoms with Crippen molar-refractivity contribution in [1.29, 1.82) is 0 Å². The van der Waals surface area contributed by atoms with E-state index in [1.165, 1.54) is 27.1 Å². The van der Waals surface area contributed by atoms with E-state index in [2.05, 4.69) is 5.32 Å². The first-order valence-corrected chi connectivity index (χ1v) is 8.24. The Morgan fingerprint density at radius 1 is 1.44 bits per heavy atom. The molecule has 1 aromatic heterocycles. The summed E-state index contributed by atoms with van der Waals surface area (Å²) in [7, 11) is -3.40. The van der Waals surface area contributed by atoms with E-state index in [-0.39, 0.29) is 10.8 Å². The summed E-state index contributed by atoms with van der Waals surface area (Å²) in [6.45, 7) is 3.52. The maximum absolute atomic E-state index is 12.2. The molecule has 0 atom stereocenters. The second-order valence-corrected chi connectivity index (χ2v) is 6.97. The number of nitrogens with one attached hydrogen (secondary N) is 1. The molecule has 1 fully saturated rings. The third-order valence-electron chi connectivity index (χ3n) is 2.84. The van der Waals surface area contributed by atoms with Crippen LogP contribution in [0.4, 0.5) is 0 Å². The SMILES string of the molecule is CCNC(=O)c1cc(S(=O)(=O)N2CCCC2)cs1. The van der Waals surface area contributed by atoms with Gasteiger partial charge in [0.15, 0.2) is 0 Å². The van der Waals surface area contributed by atoms with Crippen LogP contribution in [0.1, 0.15) is 29.4 Å². The van der Waals surface area contributed by atoms with E-state index < -0.39 is 10.0 Å². The molecule has 2 rings (SSSR count). The Labute approximate surface area is 111 Å². The minimum Gasteiger partial charge on any atom is -0.352 e. The third kappa shape index (κ3) is 2.57. The molecule has 1 amide bonds. The quantitative estimate of drug-likeness (QED) is 0.907. The molecule has 0 unspecified atom stereocenters. The Morgan fingerprint density at radius 3 is 2.72 bits per heavy atom. The van der Waals surface area contributed by atoms with E-state index in [9.17, 15) is 13.2 Å². The molecule has 0 aliphatic carbocycles. The number of hydrogen-bond acceptors (Lipinski definition) is 4. The third-order valence-corrected chi connectivity index (χ3v) is 5.79. The highest BCUT2D eigenvalue weighted by Gasteiger charge is 2.28. The maximum atomic E-state index is 12.2. The summed E-state index contributed by atoms with van der Waals surface area (Å²) >= 11 is 1.17. The Kier molecular flexibility index (Phi) is 4.04. The van der Waals surface area contributed by atoms with Gasteiger partial charge < -0.3 is 5.32 Å². The number of rotatable bonds is 4. The molecule has 1 aliphatic heterocycles. The van der Waals surface area contributed by atoms with Crippen LogP contribution in [0.3, 0.4) is 0 Å². The molecule has 0 spiro atoms. The standard InChI is InChI=1S/C11H16N2O3S2/c1-2-12-11(14)10-7-9(8-17-10)18(15,16)13-5-3-4-6-13/h7-8H,2-6H2,1H3,(H,12,14). The van der Waals surface area contributed by atoms with Crippen LogP contribution in [0.2, 0.25) is 0 Å². The monoisotopic (exact) mass is 288 g/mol. The highest BCUT2D eigenvalue weighted by molar-refractivity contribution is 7.89. The first kappa shape index (κ1) is 13.5. The van der Waals surface area contributed by atoms with Crippen molar-refractivity contribution in [3.63, 3.8) is 0 Å². The van der Waals surface area contributed by atoms with Gasteiger partial charge in [-0.3, -0.25) is 4.79 Å². The summed E-state index contributed by atoms with van der Waals surface area (Å²) in [6.07, 6.45) is 1.82. The topological polar surface area (TPSA) is 66.5 Å². The molecule has 0 aromatic carbocycles. The smallest absolute Gasteiger partial charge is 0.261 e. The van der Waals surface area contributed by atoms with Gasteiger partial charge in [-0.05, 0) is 25.8 Å². The van der Waals surface area contributed by atoms with Crippen molar-refractivity contribution in [3.05, 3.63) is 16.3 Å². The largest absolute Gasteiger partial charge is 0.352 e. The van der Waals surface area contributed by atoms with Crippen LogP contribution < -0.4 is 5.32 Å². The Hall–Kier alpha value is -0.920. The molecule has 1 N–H and O–H groups in total. The van der Waals surface area contributed by atoms with Crippen molar-refractivity contribution in [2.24, 2.45) is 0 Å². The zero-order valence-electron chi connectivity index (χ0n) is 10.2. The molecule has 1 saturated heterocycles. The molecular formula is C11H16N2O3S2. The van der Waals surface area contributed by atoms with Crippen molar-refractivity contribution < 1.29 is 13.2 Å². The summed E-state index contributed by atoms with van der Waals surface area (Å²) in [4.78, 5) is 12.3. The van der Waals surface area contributed by atoms with E-state index in [1.54, 1.807) is 0 Å². The first-order valence-electron chi connectivity index (χ1n) is 5.92. The summed E-state index contributed by atoms with van der Waals surface area (Å²) in [5, 5.41) is 4.20. The van der Waals surface area contributed by atoms with Gasteiger partial charge in [-0.15, -0.1) is 11.3 Å². The Morgan fingerprint density at radius 2 is 2.11 bits per heavy atom. The molecular weight excluding hydrogens is 272 g/mol. The average molecular weight is 288 g/mol. The number of thiophene rings is 1. The summed E-state index contributed by atoms with van der Waals surface area (Å²) in [5.74, 6) is -0.217. The molecule has 0 bridgehead atoms. The summed E-state index contributed by atoms with van der Waals surface area (Å²) in [6, 6.07) is 1.46. The van der Waals surface area contributed by atoms with E-state index in [0.717, 1.165) is 12.8 Å². The highest BCUT2D eigenvalue weighted by Crippen LogP contribution is 2.25. The van der Waals surface area contributed by atoms with Gasteiger partial charge in [-0.2, -0.15) is 4.31 Å². The summed E-state index contributed by atoms with van der Waals surface area (Å²) < 4.78 is 25.9. The van der Waals surface area contributed by atoms with Gasteiger partial charge in [0, 0.05) is 25.0 Å². The van der Waals surface area contributed by atoms with Gasteiger partial charge in [0.2, 0.25) is 10.0 Å². The molecule has 100 valence electrons. The lowest BCUT2D eigenvalue weighted by Crippen LogP contribution is -2.27. The summed E-state index contributed by atoms with van der Waals surface area (Å²) in [5.41, 5.74) is 0. The minimum absolute atomic E-state index is 0.217. The predicted octanol–water partition coefficient (Wildman–Crippen LogP) is 1.28. The number of carbonyl (C=O) groups excluding carboxylic acids is 1. The Bertz CT molecular complexity index is 530. The lowest BCUT2D eigenvalue weighted by molar-refractivity contribution is 0.0959. The molecule has 0 saturated carbocycles. The van der Waals surface area contributed by atoms with Gasteiger partial charge in [0.1, 0.15) is 0 Å². The lowest BCUT2D eigenvalue weighted by Gasteiger charge is -2.13. The van der Waals surface area contributed by atoms with Gasteiger partial charge in [-0.25, -0.2) is 8.42 Å². The average Bonchev–Trinajstić information content (AvgIpc) is 3.01. The normalized spacial score (nSPS) is 16.9. The van der Waals surface area contributed by atoms with E-state index >= 15 is 0 Å². The fourth-order valence-corrected chi connectivity index (χ4v) is 4.59. The zero-order chi connectivity index (χ0) is 13.2. The van der Waals surface area contributed by atoms with Gasteiger partial charge in [-0.1, -0.05) is 0 Å². The second kappa shape index (κ2) is 5.38. The van der Waals surface area contributed by atoms with Crippen molar-refractivity contribution in [1.82, 2.24) is 9.62 Å². The highest BCUT2D eigenvalue weighted by atomic mass is 32.2. The van der Waals surface area contributed by atoms with Crippen molar-refractivity contribution >= 4 is 27.3 Å². The van der Waals surface area contributed by atoms with Crippen LogP contribution in [0.15, 0.2) is 16.3 Å². The van der Waals surface area contributed by atoms with Crippen LogP contribution in [0.25, 0.3) is 0 Å². The van der Waals surface area contributed by atoms with Gasteiger partial charge in [0.05, 0.1) is 9.77 Å². The number of sulfonamides is 1. The van der Waals surface area contributed by atoms with Crippen molar-refractivity contribution in [3.8, 4) is 0 Å². The number of amides is 1. The first-order chi connectivity index (χ1) is 8.55. The van der Waals surface area contributed by atoms with Crippen LogP contribution in [-0.4, -0.2) is 38.3 Å². The van der Waals surface area contributed by atoms with Gasteiger partial charge >= 0.3 is 0 Å². The molecule has 7 heteroatoms. The number of nitrogens with zero attached hydrogens (tertiary/aromatic N) is 1. The second-order valence-electron chi connectivity index (χ2n) is 4.12. The van der Waals surface area contributed by atoms with Crippen LogP contribution in [0, 0.1) is 0 Å². The number of hydrogen-bond donors (Lipinski definition) is 1. The molecule has 5 nitrogen and oxygen atoms in total. The fourth-order valence-electron chi connectivity index (χ4n) is 1.90. The maximum Gasteiger partial charge on any atom is 0.261 e. The van der Waals surface area contributed by atoms with Crippen LogP contribution >= 0.6 is 11.3 Å². The van der Waals surface area contributed by atoms with Crippen LogP contribution in [-0.2, 0) is 10.0 Å². The van der Waals surface area contributed by atoms with Crippen LogP contribution in [0.5, 0.6) is 0 Å². The molecule has 2 heterocycles. The predicted molar refractivity (Wildman–Crippen MR) is 70.3 cm³/mol. The van der Waals surface area contributed by atoms with E-state index in [0.29, 0.717) is 24.5 Å². The van der Waals surface area contributed by atoms with E-state index in [1.807, 2.05) is 6.92 Å². The van der Waals surface area contributed by atoms with Crippen molar-refractivity contribution in [2.75, 3.05) is 19.6 Å².